The first-order chi connectivity index (χ1) is 8.63. The van der Waals surface area contributed by atoms with Gasteiger partial charge in [0.05, 0.1) is 16.4 Å². The van der Waals surface area contributed by atoms with Crippen molar-refractivity contribution >= 4 is 40.7 Å². The molecular weight excluding hydrogens is 283 g/mol. The summed E-state index contributed by atoms with van der Waals surface area (Å²) < 4.78 is 0. The number of anilines is 1. The van der Waals surface area contributed by atoms with Crippen LogP contribution in [0.2, 0.25) is 5.02 Å². The molecule has 0 bridgehead atoms. The maximum Gasteiger partial charge on any atom is 0.115 e. The zero-order chi connectivity index (χ0) is 12.7. The fourth-order valence-electron chi connectivity index (χ4n) is 1.75. The lowest BCUT2D eigenvalue weighted by Crippen LogP contribution is -1.97. The fraction of sp³-hybridized carbons (Fsp3) is 0.0769. The molecule has 3 aromatic rings. The normalized spacial score (nSPS) is 10.4. The van der Waals surface area contributed by atoms with E-state index in [2.05, 4.69) is 10.2 Å². The summed E-state index contributed by atoms with van der Waals surface area (Å²) >= 11 is 5.96. The topological polar surface area (TPSA) is 56.7 Å². The largest absolute Gasteiger partial charge is 0.397 e. The summed E-state index contributed by atoms with van der Waals surface area (Å²) in [5, 5.41) is 9.26. The molecule has 98 valence electrons. The second-order valence-electron chi connectivity index (χ2n) is 4.19. The molecule has 2 N–H and O–H groups in total. The van der Waals surface area contributed by atoms with Gasteiger partial charge in [0.2, 0.25) is 0 Å². The van der Waals surface area contributed by atoms with Crippen molar-refractivity contribution in [3.8, 4) is 5.69 Å². The molecule has 0 radical (unpaired) electrons. The highest BCUT2D eigenvalue weighted by atomic mass is 35.5. The summed E-state index contributed by atoms with van der Waals surface area (Å²) in [5.41, 5.74) is 9.83. The predicted molar refractivity (Wildman–Crippen MR) is 80.3 cm³/mol. The van der Waals surface area contributed by atoms with Crippen LogP contribution in [0.4, 0.5) is 5.69 Å². The van der Waals surface area contributed by atoms with Crippen molar-refractivity contribution in [2.24, 2.45) is 0 Å². The lowest BCUT2D eigenvalue weighted by Gasteiger charge is -1.98. The molecule has 4 nitrogen and oxygen atoms in total. The van der Waals surface area contributed by atoms with Crippen molar-refractivity contribution in [3.05, 3.63) is 47.0 Å². The third-order valence-electron chi connectivity index (χ3n) is 2.76. The van der Waals surface area contributed by atoms with E-state index >= 15 is 0 Å². The van der Waals surface area contributed by atoms with Crippen molar-refractivity contribution in [2.75, 3.05) is 5.73 Å². The van der Waals surface area contributed by atoms with Crippen LogP contribution in [-0.2, 0) is 0 Å². The third kappa shape index (κ3) is 2.50. The molecule has 0 aliphatic carbocycles. The first kappa shape index (κ1) is 13.6. The number of rotatable bonds is 1. The van der Waals surface area contributed by atoms with Gasteiger partial charge in [-0.05, 0) is 31.2 Å². The zero-order valence-electron chi connectivity index (χ0n) is 10.2. The van der Waals surface area contributed by atoms with Gasteiger partial charge in [0.25, 0.3) is 0 Å². The van der Waals surface area contributed by atoms with E-state index in [9.17, 15) is 0 Å². The van der Waals surface area contributed by atoms with E-state index in [4.69, 9.17) is 17.3 Å². The molecule has 0 aliphatic heterocycles. The lowest BCUT2D eigenvalue weighted by atomic mass is 10.2. The number of nitrogen functional groups attached to an aromatic ring is 1. The fourth-order valence-corrected chi connectivity index (χ4v) is 1.91. The Bertz CT molecular complexity index is 680. The summed E-state index contributed by atoms with van der Waals surface area (Å²) in [5.74, 6) is 0. The molecule has 6 heteroatoms. The van der Waals surface area contributed by atoms with Crippen molar-refractivity contribution in [3.63, 3.8) is 0 Å². The first-order valence-electron chi connectivity index (χ1n) is 5.52. The first-order valence-corrected chi connectivity index (χ1v) is 5.90. The van der Waals surface area contributed by atoms with Crippen LogP contribution in [0.25, 0.3) is 16.7 Å². The predicted octanol–water partition coefficient (Wildman–Crippen LogP) is 3.39. The molecule has 0 spiro atoms. The second kappa shape index (κ2) is 5.07. The van der Waals surface area contributed by atoms with Crippen molar-refractivity contribution in [1.29, 1.82) is 0 Å². The standard InChI is InChI=1S/C13H11ClN4.ClH/c1-8-2-4-9(5-3-8)18-16-12-6-10(14)11(15)7-13(12)17-18;/h2-7H,15H2,1H3;1H. The van der Waals surface area contributed by atoms with Crippen LogP contribution in [-0.4, -0.2) is 15.0 Å². The minimum absolute atomic E-state index is 0. The number of halogens is 2. The van der Waals surface area contributed by atoms with E-state index < -0.39 is 0 Å². The average molecular weight is 295 g/mol. The monoisotopic (exact) mass is 294 g/mol. The number of fused-ring (bicyclic) bond motifs is 1. The molecule has 3 rings (SSSR count). The number of hydrogen-bond acceptors (Lipinski definition) is 3. The molecule has 19 heavy (non-hydrogen) atoms. The van der Waals surface area contributed by atoms with E-state index in [1.54, 1.807) is 16.9 Å². The van der Waals surface area contributed by atoms with Gasteiger partial charge in [-0.15, -0.1) is 22.6 Å². The Hall–Kier alpha value is -1.78. The Morgan fingerprint density at radius 2 is 1.63 bits per heavy atom. The highest BCUT2D eigenvalue weighted by Gasteiger charge is 2.07. The van der Waals surface area contributed by atoms with Crippen molar-refractivity contribution in [1.82, 2.24) is 15.0 Å². The molecule has 0 fully saturated rings. The number of benzene rings is 2. The number of nitrogens with two attached hydrogens (primary N) is 1. The van der Waals surface area contributed by atoms with E-state index in [0.717, 1.165) is 16.7 Å². The Morgan fingerprint density at radius 3 is 2.26 bits per heavy atom. The molecule has 1 aromatic heterocycles. The Kier molecular flexibility index (Phi) is 3.64. The van der Waals surface area contributed by atoms with Crippen molar-refractivity contribution in [2.45, 2.75) is 6.92 Å². The van der Waals surface area contributed by atoms with Gasteiger partial charge in [-0.25, -0.2) is 0 Å². The van der Waals surface area contributed by atoms with Gasteiger partial charge < -0.3 is 5.73 Å². The summed E-state index contributed by atoms with van der Waals surface area (Å²) in [4.78, 5) is 1.58. The number of hydrogen-bond donors (Lipinski definition) is 1. The van der Waals surface area contributed by atoms with Gasteiger partial charge >= 0.3 is 0 Å². The van der Waals surface area contributed by atoms with E-state index in [-0.39, 0.29) is 12.4 Å². The molecule has 0 aliphatic rings. The summed E-state index contributed by atoms with van der Waals surface area (Å²) in [6.07, 6.45) is 0. The van der Waals surface area contributed by atoms with Crippen LogP contribution >= 0.6 is 24.0 Å². The zero-order valence-corrected chi connectivity index (χ0v) is 11.7. The Morgan fingerprint density at radius 1 is 1.05 bits per heavy atom. The SMILES string of the molecule is Cc1ccc(-n2nc3cc(N)c(Cl)cc3n2)cc1.Cl. The summed E-state index contributed by atoms with van der Waals surface area (Å²) in [6.45, 7) is 2.04. The van der Waals surface area contributed by atoms with Gasteiger partial charge in [-0.3, -0.25) is 0 Å². The molecule has 1 heterocycles. The molecule has 0 saturated heterocycles. The number of nitrogens with zero attached hydrogens (tertiary/aromatic N) is 3. The minimum atomic E-state index is 0. The maximum absolute atomic E-state index is 5.96. The molecule has 0 atom stereocenters. The van der Waals surface area contributed by atoms with Crippen LogP contribution in [0.15, 0.2) is 36.4 Å². The smallest absolute Gasteiger partial charge is 0.115 e. The quantitative estimate of drug-likeness (QED) is 0.700. The Labute approximate surface area is 121 Å². The molecule has 0 unspecified atom stereocenters. The summed E-state index contributed by atoms with van der Waals surface area (Å²) in [7, 11) is 0. The Balaban J connectivity index is 0.00000133. The second-order valence-corrected chi connectivity index (χ2v) is 4.59. The average Bonchev–Trinajstić information content (AvgIpc) is 2.73. The highest BCUT2D eigenvalue weighted by Crippen LogP contribution is 2.24. The third-order valence-corrected chi connectivity index (χ3v) is 3.09. The van der Waals surface area contributed by atoms with Crippen LogP contribution < -0.4 is 5.73 Å². The van der Waals surface area contributed by atoms with Gasteiger partial charge in [0.1, 0.15) is 11.0 Å². The van der Waals surface area contributed by atoms with Crippen LogP contribution in [0.1, 0.15) is 5.56 Å². The van der Waals surface area contributed by atoms with E-state index in [1.165, 1.54) is 5.56 Å². The van der Waals surface area contributed by atoms with E-state index in [1.807, 2.05) is 31.2 Å². The molecule has 0 amide bonds. The van der Waals surface area contributed by atoms with Gasteiger partial charge in [0, 0.05) is 0 Å². The van der Waals surface area contributed by atoms with Gasteiger partial charge in [-0.2, -0.15) is 4.80 Å². The minimum Gasteiger partial charge on any atom is -0.397 e. The lowest BCUT2D eigenvalue weighted by molar-refractivity contribution is 0.765. The molecule has 2 aromatic carbocycles. The summed E-state index contributed by atoms with van der Waals surface area (Å²) in [6, 6.07) is 11.4. The highest BCUT2D eigenvalue weighted by molar-refractivity contribution is 6.33. The number of aromatic nitrogens is 3. The van der Waals surface area contributed by atoms with Gasteiger partial charge in [0.15, 0.2) is 0 Å². The number of aryl methyl sites for hydroxylation is 1. The van der Waals surface area contributed by atoms with Crippen molar-refractivity contribution < 1.29 is 0 Å². The molecular formula is C13H12Cl2N4. The van der Waals surface area contributed by atoms with Crippen LogP contribution in [0.5, 0.6) is 0 Å². The van der Waals surface area contributed by atoms with Crippen LogP contribution in [0.3, 0.4) is 0 Å². The maximum atomic E-state index is 5.96. The molecule has 0 saturated carbocycles. The van der Waals surface area contributed by atoms with Gasteiger partial charge in [-0.1, -0.05) is 29.3 Å². The van der Waals surface area contributed by atoms with E-state index in [0.29, 0.717) is 10.7 Å². The van der Waals surface area contributed by atoms with Crippen LogP contribution in [0, 0.1) is 6.92 Å².